The number of rotatable bonds is 8. The fourth-order valence-electron chi connectivity index (χ4n) is 4.46. The average Bonchev–Trinajstić information content (AvgIpc) is 3.35. The fourth-order valence-corrected chi connectivity index (χ4v) is 4.46. The summed E-state index contributed by atoms with van der Waals surface area (Å²) >= 11 is 0. The number of nitrogens with one attached hydrogen (secondary N) is 2. The number of anilines is 1. The highest BCUT2D eigenvalue weighted by Crippen LogP contribution is 2.36. The van der Waals surface area contributed by atoms with E-state index in [-0.39, 0.29) is 5.56 Å². The van der Waals surface area contributed by atoms with Crippen LogP contribution in [0.1, 0.15) is 57.5 Å². The monoisotopic (exact) mass is 439 g/mol. The summed E-state index contributed by atoms with van der Waals surface area (Å²) in [7, 11) is 0. The van der Waals surface area contributed by atoms with Gasteiger partial charge in [0.25, 0.3) is 5.56 Å². The molecule has 1 aliphatic carbocycles. The number of aliphatic carboxylic acids is 1. The zero-order chi connectivity index (χ0) is 22.9. The number of aryl methyl sites for hydroxylation is 2. The molecule has 1 fully saturated rings. The number of nitrogens with zero attached hydrogens (tertiary/aromatic N) is 3. The largest absolute Gasteiger partial charge is 0.493 e. The topological polar surface area (TPSA) is 122 Å². The molecule has 4 rings (SSSR count). The Kier molecular flexibility index (Phi) is 5.90. The van der Waals surface area contributed by atoms with Gasteiger partial charge in [0.2, 0.25) is 0 Å². The van der Waals surface area contributed by atoms with E-state index in [2.05, 4.69) is 20.4 Å². The molecule has 3 N–H and O–H groups in total. The van der Waals surface area contributed by atoms with Crippen molar-refractivity contribution < 1.29 is 14.6 Å². The summed E-state index contributed by atoms with van der Waals surface area (Å²) in [6.07, 6.45) is 4.46. The molecule has 0 unspecified atom stereocenters. The molecule has 0 saturated heterocycles. The molecule has 9 heteroatoms. The van der Waals surface area contributed by atoms with Gasteiger partial charge < -0.3 is 20.1 Å². The van der Waals surface area contributed by atoms with Gasteiger partial charge in [0.05, 0.1) is 17.9 Å². The number of benzene rings is 1. The van der Waals surface area contributed by atoms with Crippen molar-refractivity contribution in [2.24, 2.45) is 0 Å². The van der Waals surface area contributed by atoms with Crippen molar-refractivity contribution in [2.75, 3.05) is 11.9 Å². The van der Waals surface area contributed by atoms with E-state index in [4.69, 9.17) is 4.74 Å². The third-order valence-electron chi connectivity index (χ3n) is 6.00. The van der Waals surface area contributed by atoms with E-state index in [1.54, 1.807) is 29.6 Å². The van der Waals surface area contributed by atoms with Crippen LogP contribution in [0.4, 0.5) is 5.69 Å². The minimum atomic E-state index is -0.981. The number of fused-ring (bicyclic) bond motifs is 1. The van der Waals surface area contributed by atoms with Gasteiger partial charge in [0, 0.05) is 12.1 Å². The zero-order valence-electron chi connectivity index (χ0n) is 18.7. The fraction of sp³-hybridized carbons (Fsp3) is 0.478. The van der Waals surface area contributed by atoms with Crippen molar-refractivity contribution in [3.63, 3.8) is 0 Å². The Balaban J connectivity index is 1.84. The zero-order valence-corrected chi connectivity index (χ0v) is 18.7. The Morgan fingerprint density at radius 2 is 2.06 bits per heavy atom. The molecule has 0 radical (unpaired) electrons. The highest BCUT2D eigenvalue weighted by atomic mass is 16.5. The van der Waals surface area contributed by atoms with Crippen LogP contribution in [0.2, 0.25) is 0 Å². The van der Waals surface area contributed by atoms with Crippen LogP contribution in [-0.4, -0.2) is 42.8 Å². The lowest BCUT2D eigenvalue weighted by atomic mass is 9.97. The molecule has 0 atom stereocenters. The van der Waals surface area contributed by atoms with E-state index >= 15 is 0 Å². The molecule has 32 heavy (non-hydrogen) atoms. The smallest absolute Gasteiger partial charge is 0.329 e. The summed E-state index contributed by atoms with van der Waals surface area (Å²) in [5, 5.41) is 17.7. The minimum Gasteiger partial charge on any atom is -0.493 e. The second-order valence-corrected chi connectivity index (χ2v) is 8.29. The van der Waals surface area contributed by atoms with Crippen LogP contribution in [0.3, 0.4) is 0 Å². The molecule has 0 spiro atoms. The maximum atomic E-state index is 12.9. The van der Waals surface area contributed by atoms with Gasteiger partial charge in [0.15, 0.2) is 11.3 Å². The summed E-state index contributed by atoms with van der Waals surface area (Å²) in [5.74, 6) is 0.789. The average molecular weight is 440 g/mol. The Hall–Kier alpha value is -3.36. The quantitative estimate of drug-likeness (QED) is 0.491. The third-order valence-corrected chi connectivity index (χ3v) is 6.00. The van der Waals surface area contributed by atoms with Crippen LogP contribution >= 0.6 is 0 Å². The van der Waals surface area contributed by atoms with Crippen LogP contribution in [0.25, 0.3) is 16.9 Å². The molecule has 1 saturated carbocycles. The molecule has 170 valence electrons. The molecular formula is C23H29N5O4. The van der Waals surface area contributed by atoms with Gasteiger partial charge >= 0.3 is 5.97 Å². The van der Waals surface area contributed by atoms with E-state index in [1.165, 1.54) is 0 Å². The molecule has 9 nitrogen and oxygen atoms in total. The van der Waals surface area contributed by atoms with Crippen LogP contribution in [0.15, 0.2) is 23.0 Å². The SMILES string of the molecule is CCCc1nc(C)c2c(=O)[nH]c(-c3cc(NC4(C(=O)O)CCCC4)ccc3OCC)nn12. The lowest BCUT2D eigenvalue weighted by Gasteiger charge is -2.27. The first-order valence-electron chi connectivity index (χ1n) is 11.2. The Bertz CT molecular complexity index is 1210. The van der Waals surface area contributed by atoms with Crippen molar-refractivity contribution >= 4 is 17.2 Å². The standard InChI is InChI=1S/C23H29N5O4/c1-4-8-18-24-14(3)19-21(29)25-20(27-28(18)19)16-13-15(9-10-17(16)32-5-2)26-23(22(30)31)11-6-7-12-23/h9-10,13,26H,4-8,11-12H2,1-3H3,(H,30,31)(H,25,27,29). The number of aromatic amines is 1. The predicted octanol–water partition coefficient (Wildman–Crippen LogP) is 3.55. The second kappa shape index (κ2) is 8.64. The number of carbonyl (C=O) groups is 1. The Morgan fingerprint density at radius 1 is 1.31 bits per heavy atom. The van der Waals surface area contributed by atoms with E-state index in [1.807, 2.05) is 13.8 Å². The number of aromatic nitrogens is 4. The Morgan fingerprint density at radius 3 is 2.72 bits per heavy atom. The first-order valence-corrected chi connectivity index (χ1v) is 11.2. The van der Waals surface area contributed by atoms with Crippen LogP contribution in [-0.2, 0) is 11.2 Å². The first-order chi connectivity index (χ1) is 15.4. The van der Waals surface area contributed by atoms with Gasteiger partial charge in [0.1, 0.15) is 17.1 Å². The number of carboxylic acids is 1. The third kappa shape index (κ3) is 3.83. The molecule has 2 aromatic heterocycles. The minimum absolute atomic E-state index is 0.277. The summed E-state index contributed by atoms with van der Waals surface area (Å²) in [4.78, 5) is 32.3. The van der Waals surface area contributed by atoms with Crippen LogP contribution in [0, 0.1) is 6.92 Å². The summed E-state index contributed by atoms with van der Waals surface area (Å²) in [6, 6.07) is 5.38. The number of imidazole rings is 1. The van der Waals surface area contributed by atoms with Gasteiger partial charge in [-0.25, -0.2) is 14.3 Å². The van der Waals surface area contributed by atoms with Crippen molar-refractivity contribution in [3.8, 4) is 17.1 Å². The lowest BCUT2D eigenvalue weighted by molar-refractivity contribution is -0.142. The molecule has 2 heterocycles. The van der Waals surface area contributed by atoms with E-state index < -0.39 is 11.5 Å². The maximum Gasteiger partial charge on any atom is 0.329 e. The predicted molar refractivity (Wildman–Crippen MR) is 121 cm³/mol. The number of hydrogen-bond acceptors (Lipinski definition) is 6. The number of ether oxygens (including phenoxy) is 1. The van der Waals surface area contributed by atoms with Gasteiger partial charge in [-0.3, -0.25) is 4.79 Å². The van der Waals surface area contributed by atoms with Gasteiger partial charge in [-0.2, -0.15) is 0 Å². The maximum absolute atomic E-state index is 12.9. The van der Waals surface area contributed by atoms with Gasteiger partial charge in [-0.1, -0.05) is 19.8 Å². The molecule has 0 amide bonds. The second-order valence-electron chi connectivity index (χ2n) is 8.29. The molecule has 0 bridgehead atoms. The Labute approximate surface area is 185 Å². The van der Waals surface area contributed by atoms with Crippen molar-refractivity contribution in [1.29, 1.82) is 0 Å². The van der Waals surface area contributed by atoms with Gasteiger partial charge in [-0.05, 0) is 51.3 Å². The molecular weight excluding hydrogens is 410 g/mol. The normalized spacial score (nSPS) is 15.2. The molecule has 0 aliphatic heterocycles. The van der Waals surface area contributed by atoms with Crippen LogP contribution < -0.4 is 15.6 Å². The lowest BCUT2D eigenvalue weighted by Crippen LogP contribution is -2.43. The molecule has 1 aromatic carbocycles. The number of hydrogen-bond donors (Lipinski definition) is 3. The van der Waals surface area contributed by atoms with Crippen molar-refractivity contribution in [1.82, 2.24) is 19.6 Å². The molecule has 3 aromatic rings. The summed E-state index contributed by atoms with van der Waals surface area (Å²) in [6.45, 7) is 6.17. The van der Waals surface area contributed by atoms with E-state index in [0.717, 1.165) is 25.1 Å². The summed E-state index contributed by atoms with van der Waals surface area (Å²) < 4.78 is 7.40. The van der Waals surface area contributed by atoms with E-state index in [9.17, 15) is 14.7 Å². The number of H-pyrrole nitrogens is 1. The van der Waals surface area contributed by atoms with E-state index in [0.29, 0.717) is 59.9 Å². The first kappa shape index (κ1) is 21.9. The number of carboxylic acid groups (broad SMARTS) is 1. The van der Waals surface area contributed by atoms with Crippen molar-refractivity contribution in [2.45, 2.75) is 64.8 Å². The highest BCUT2D eigenvalue weighted by molar-refractivity contribution is 5.84. The molecule has 1 aliphatic rings. The van der Waals surface area contributed by atoms with Gasteiger partial charge in [-0.15, -0.1) is 5.10 Å². The van der Waals surface area contributed by atoms with Crippen molar-refractivity contribution in [3.05, 3.63) is 40.1 Å². The highest BCUT2D eigenvalue weighted by Gasteiger charge is 2.41. The summed E-state index contributed by atoms with van der Waals surface area (Å²) in [5.41, 5.74) is 1.04. The van der Waals surface area contributed by atoms with Crippen LogP contribution in [0.5, 0.6) is 5.75 Å².